The van der Waals surface area contributed by atoms with E-state index in [2.05, 4.69) is 5.10 Å². The number of alkyl halides is 3. The van der Waals surface area contributed by atoms with Crippen LogP contribution in [0.4, 0.5) is 19.0 Å². The summed E-state index contributed by atoms with van der Waals surface area (Å²) in [5, 5.41) is 5.23. The van der Waals surface area contributed by atoms with Gasteiger partial charge in [0.15, 0.2) is 0 Å². The summed E-state index contributed by atoms with van der Waals surface area (Å²) in [6.07, 6.45) is -3.60. The van der Waals surface area contributed by atoms with Crippen LogP contribution in [0, 0.1) is 0 Å². The van der Waals surface area contributed by atoms with E-state index in [1.165, 1.54) is 12.3 Å². The summed E-state index contributed by atoms with van der Waals surface area (Å²) >= 11 is 1.64. The van der Waals surface area contributed by atoms with Gasteiger partial charge in [0, 0.05) is 6.07 Å². The Hall–Kier alpha value is -0.800. The van der Waals surface area contributed by atoms with Crippen LogP contribution in [0.25, 0.3) is 0 Å². The summed E-state index contributed by atoms with van der Waals surface area (Å²) in [6.45, 7) is 0. The molecule has 0 aromatic carbocycles. The van der Waals surface area contributed by atoms with Gasteiger partial charge in [0.25, 0.3) is 0 Å². The summed E-state index contributed by atoms with van der Waals surface area (Å²) in [4.78, 5) is 10.4. The fourth-order valence-corrected chi connectivity index (χ4v) is 0.986. The van der Waals surface area contributed by atoms with Crippen LogP contribution in [0.1, 0.15) is 0 Å². The molecule has 0 bridgehead atoms. The molecule has 0 aliphatic rings. The number of anilines is 1. The van der Waals surface area contributed by atoms with Crippen LogP contribution in [-0.4, -0.2) is 20.1 Å². The molecule has 0 radical (unpaired) electrons. The van der Waals surface area contributed by atoms with Crippen LogP contribution in [0.15, 0.2) is 12.3 Å². The number of aromatic nitrogens is 2. The number of halogens is 4. The predicted molar refractivity (Wildman–Crippen MR) is 46.3 cm³/mol. The molecule has 1 aromatic heterocycles. The third kappa shape index (κ3) is 2.57. The van der Waals surface area contributed by atoms with Gasteiger partial charge in [-0.15, -0.1) is 0 Å². The second kappa shape index (κ2) is 3.52. The first-order valence-corrected chi connectivity index (χ1v) is 3.96. The lowest BCUT2D eigenvalue weighted by Crippen LogP contribution is -2.30. The second-order valence-electron chi connectivity index (χ2n) is 2.03. The largest absolute Gasteiger partial charge is 0.471 e. The Bertz CT molecular complexity index is 321. The molecule has 0 spiro atoms. The molecule has 1 rings (SSSR count). The lowest BCUT2D eigenvalue weighted by Gasteiger charge is -2.06. The summed E-state index contributed by atoms with van der Waals surface area (Å²) in [5.74, 6) is -2.02. The Kier molecular flexibility index (Phi) is 2.78. The van der Waals surface area contributed by atoms with Crippen molar-refractivity contribution in [3.05, 3.63) is 12.3 Å². The maximum absolute atomic E-state index is 11.7. The zero-order chi connectivity index (χ0) is 10.1. The maximum atomic E-state index is 11.7. The quantitative estimate of drug-likeness (QED) is 0.801. The van der Waals surface area contributed by atoms with Crippen LogP contribution in [0.3, 0.4) is 0 Å². The fourth-order valence-electron chi connectivity index (χ4n) is 0.561. The number of nitrogens with zero attached hydrogens (tertiary/aromatic N) is 2. The second-order valence-corrected chi connectivity index (χ2v) is 2.94. The summed E-state index contributed by atoms with van der Waals surface area (Å²) in [5.41, 5.74) is 0. The highest BCUT2D eigenvalue weighted by Crippen LogP contribution is 2.18. The standard InChI is InChI=1S/C5H3F3IN3O/c6-5(7,8)4(13)11-3-1-2-10-12(3)9/h1-2H,(H,11,13). The molecule has 0 saturated heterocycles. The highest BCUT2D eigenvalue weighted by atomic mass is 127. The minimum Gasteiger partial charge on any atom is -0.302 e. The summed E-state index contributed by atoms with van der Waals surface area (Å²) < 4.78 is 36.3. The van der Waals surface area contributed by atoms with E-state index in [1.54, 1.807) is 28.2 Å². The van der Waals surface area contributed by atoms with E-state index in [-0.39, 0.29) is 5.82 Å². The van der Waals surface area contributed by atoms with E-state index in [4.69, 9.17) is 0 Å². The van der Waals surface area contributed by atoms with Crippen molar-refractivity contribution in [2.45, 2.75) is 6.18 Å². The zero-order valence-corrected chi connectivity index (χ0v) is 8.13. The molecule has 1 aromatic rings. The van der Waals surface area contributed by atoms with Gasteiger partial charge >= 0.3 is 12.1 Å². The number of hydrogen-bond acceptors (Lipinski definition) is 2. The van der Waals surface area contributed by atoms with Crippen LogP contribution in [0.5, 0.6) is 0 Å². The van der Waals surface area contributed by atoms with Crippen molar-refractivity contribution >= 4 is 34.6 Å². The van der Waals surface area contributed by atoms with Gasteiger partial charge in [-0.25, -0.2) is 0 Å². The van der Waals surface area contributed by atoms with E-state index in [0.717, 1.165) is 2.90 Å². The van der Waals surface area contributed by atoms with E-state index < -0.39 is 12.1 Å². The Morgan fingerprint density at radius 3 is 2.62 bits per heavy atom. The molecule has 4 nitrogen and oxygen atoms in total. The van der Waals surface area contributed by atoms with Crippen LogP contribution in [-0.2, 0) is 4.79 Å². The number of nitrogens with one attached hydrogen (secondary N) is 1. The van der Waals surface area contributed by atoms with E-state index in [0.29, 0.717) is 0 Å². The monoisotopic (exact) mass is 305 g/mol. The van der Waals surface area contributed by atoms with Gasteiger partial charge in [0.1, 0.15) is 5.82 Å². The number of rotatable bonds is 1. The van der Waals surface area contributed by atoms with Crippen LogP contribution < -0.4 is 5.32 Å². The molecule has 13 heavy (non-hydrogen) atoms. The van der Waals surface area contributed by atoms with Gasteiger partial charge in [-0.1, -0.05) is 0 Å². The number of hydrogen-bond donors (Lipinski definition) is 1. The minimum atomic E-state index is -4.87. The normalized spacial score (nSPS) is 11.4. The summed E-state index contributed by atoms with van der Waals surface area (Å²) in [6, 6.07) is 1.26. The molecule has 1 heterocycles. The molecule has 0 atom stereocenters. The Labute approximate surface area is 84.6 Å². The van der Waals surface area contributed by atoms with Gasteiger partial charge in [0.2, 0.25) is 0 Å². The van der Waals surface area contributed by atoms with Crippen molar-refractivity contribution in [2.75, 3.05) is 5.32 Å². The molecular weight excluding hydrogens is 302 g/mol. The Morgan fingerprint density at radius 1 is 1.62 bits per heavy atom. The number of carbonyl (C=O) groups excluding carboxylic acids is 1. The van der Waals surface area contributed by atoms with Gasteiger partial charge in [-0.05, 0) is 0 Å². The average molecular weight is 305 g/mol. The van der Waals surface area contributed by atoms with Gasteiger partial charge in [0.05, 0.1) is 29.1 Å². The molecule has 1 N–H and O–H groups in total. The average Bonchev–Trinajstić information content (AvgIpc) is 2.34. The molecule has 0 fully saturated rings. The lowest BCUT2D eigenvalue weighted by molar-refractivity contribution is -0.167. The molecular formula is C5H3F3IN3O. The van der Waals surface area contributed by atoms with E-state index >= 15 is 0 Å². The van der Waals surface area contributed by atoms with Crippen molar-refractivity contribution < 1.29 is 18.0 Å². The molecule has 0 aliphatic heterocycles. The first-order valence-electron chi connectivity index (χ1n) is 2.99. The van der Waals surface area contributed by atoms with Gasteiger partial charge < -0.3 is 5.32 Å². The third-order valence-electron chi connectivity index (χ3n) is 1.10. The SMILES string of the molecule is O=C(Nc1ccnn1I)C(F)(F)F. The molecule has 0 aliphatic carbocycles. The van der Waals surface area contributed by atoms with Crippen molar-refractivity contribution in [1.82, 2.24) is 7.99 Å². The highest BCUT2D eigenvalue weighted by Gasteiger charge is 2.39. The lowest BCUT2D eigenvalue weighted by atomic mass is 10.5. The fraction of sp³-hybridized carbons (Fsp3) is 0.200. The third-order valence-corrected chi connectivity index (χ3v) is 1.87. The first-order chi connectivity index (χ1) is 5.91. The van der Waals surface area contributed by atoms with Crippen LogP contribution >= 0.6 is 22.9 Å². The van der Waals surface area contributed by atoms with E-state index in [1.807, 2.05) is 0 Å². The van der Waals surface area contributed by atoms with Gasteiger partial charge in [-0.3, -0.25) is 4.79 Å². The minimum absolute atomic E-state index is 0.0112. The maximum Gasteiger partial charge on any atom is 0.471 e. The molecule has 8 heteroatoms. The van der Waals surface area contributed by atoms with Crippen molar-refractivity contribution in [2.24, 2.45) is 0 Å². The summed E-state index contributed by atoms with van der Waals surface area (Å²) in [7, 11) is 0. The van der Waals surface area contributed by atoms with Gasteiger partial charge in [-0.2, -0.15) is 21.2 Å². The molecule has 0 saturated carbocycles. The van der Waals surface area contributed by atoms with E-state index in [9.17, 15) is 18.0 Å². The van der Waals surface area contributed by atoms with Crippen molar-refractivity contribution in [3.8, 4) is 0 Å². The first kappa shape index (κ1) is 10.3. The Morgan fingerprint density at radius 2 is 2.23 bits per heavy atom. The molecule has 0 unspecified atom stereocenters. The topological polar surface area (TPSA) is 46.9 Å². The highest BCUT2D eigenvalue weighted by molar-refractivity contribution is 14.1. The smallest absolute Gasteiger partial charge is 0.302 e. The Balaban J connectivity index is 2.71. The van der Waals surface area contributed by atoms with Crippen molar-refractivity contribution in [3.63, 3.8) is 0 Å². The zero-order valence-electron chi connectivity index (χ0n) is 5.97. The molecule has 1 amide bonds. The predicted octanol–water partition coefficient (Wildman–Crippen LogP) is 1.58. The number of carbonyl (C=O) groups is 1. The molecule has 72 valence electrons. The van der Waals surface area contributed by atoms with Crippen molar-refractivity contribution in [1.29, 1.82) is 0 Å². The van der Waals surface area contributed by atoms with Crippen LogP contribution in [0.2, 0.25) is 0 Å². The number of amides is 1.